The van der Waals surface area contributed by atoms with Crippen LogP contribution in [0.4, 0.5) is 5.69 Å². The van der Waals surface area contributed by atoms with Gasteiger partial charge >= 0.3 is 0 Å². The summed E-state index contributed by atoms with van der Waals surface area (Å²) in [5.41, 5.74) is 3.36. The van der Waals surface area contributed by atoms with E-state index < -0.39 is 0 Å². The molecule has 2 aromatic carbocycles. The summed E-state index contributed by atoms with van der Waals surface area (Å²) in [7, 11) is 3.99. The van der Waals surface area contributed by atoms with Gasteiger partial charge in [0, 0.05) is 29.8 Å². The lowest BCUT2D eigenvalue weighted by Crippen LogP contribution is -2.24. The Kier molecular flexibility index (Phi) is 4.30. The first-order valence-electron chi connectivity index (χ1n) is 7.18. The zero-order chi connectivity index (χ0) is 16.4. The SMILES string of the molecule is CN(C)c1ccc(/C=C2/N=C(c3ccc(Br)cc3)NC2=O)cc1. The van der Waals surface area contributed by atoms with Gasteiger partial charge in [0.2, 0.25) is 0 Å². The van der Waals surface area contributed by atoms with E-state index in [2.05, 4.69) is 26.2 Å². The van der Waals surface area contributed by atoms with Crippen molar-refractivity contribution in [2.24, 2.45) is 4.99 Å². The van der Waals surface area contributed by atoms with Gasteiger partial charge in [0.15, 0.2) is 0 Å². The molecule has 0 bridgehead atoms. The molecule has 23 heavy (non-hydrogen) atoms. The minimum Gasteiger partial charge on any atom is -0.378 e. The standard InChI is InChI=1S/C18H16BrN3O/c1-22(2)15-9-3-12(4-10-15)11-16-18(23)21-17(20-16)13-5-7-14(19)8-6-13/h3-11H,1-2H3,(H,20,21,23)/b16-11+. The van der Waals surface area contributed by atoms with Crippen molar-refractivity contribution in [3.8, 4) is 0 Å². The second-order valence-corrected chi connectivity index (χ2v) is 6.35. The summed E-state index contributed by atoms with van der Waals surface area (Å²) in [6.07, 6.45) is 1.79. The number of carbonyl (C=O) groups is 1. The third-order valence-electron chi connectivity index (χ3n) is 3.53. The van der Waals surface area contributed by atoms with Crippen LogP contribution < -0.4 is 10.2 Å². The number of benzene rings is 2. The lowest BCUT2D eigenvalue weighted by molar-refractivity contribution is -0.115. The number of hydrogen-bond donors (Lipinski definition) is 1. The molecule has 0 spiro atoms. The predicted octanol–water partition coefficient (Wildman–Crippen LogP) is 3.43. The van der Waals surface area contributed by atoms with Gasteiger partial charge in [-0.3, -0.25) is 4.79 Å². The van der Waals surface area contributed by atoms with Crippen molar-refractivity contribution >= 4 is 39.4 Å². The highest BCUT2D eigenvalue weighted by molar-refractivity contribution is 9.10. The van der Waals surface area contributed by atoms with Gasteiger partial charge in [-0.1, -0.05) is 40.2 Å². The molecule has 116 valence electrons. The van der Waals surface area contributed by atoms with E-state index >= 15 is 0 Å². The van der Waals surface area contributed by atoms with Gasteiger partial charge in [0.1, 0.15) is 11.5 Å². The molecule has 3 rings (SSSR count). The van der Waals surface area contributed by atoms with Crippen LogP contribution >= 0.6 is 15.9 Å². The number of hydrogen-bond acceptors (Lipinski definition) is 3. The van der Waals surface area contributed by atoms with Crippen LogP contribution in [-0.2, 0) is 4.79 Å². The van der Waals surface area contributed by atoms with Gasteiger partial charge < -0.3 is 10.2 Å². The number of nitrogens with one attached hydrogen (secondary N) is 1. The van der Waals surface area contributed by atoms with Crippen molar-refractivity contribution in [3.63, 3.8) is 0 Å². The number of halogens is 1. The molecule has 0 saturated heterocycles. The van der Waals surface area contributed by atoms with Gasteiger partial charge in [-0.15, -0.1) is 0 Å². The van der Waals surface area contributed by atoms with Crippen molar-refractivity contribution in [1.82, 2.24) is 5.32 Å². The first-order chi connectivity index (χ1) is 11.0. The summed E-state index contributed by atoms with van der Waals surface area (Å²) >= 11 is 3.40. The van der Waals surface area contributed by atoms with Gasteiger partial charge in [-0.25, -0.2) is 4.99 Å². The van der Waals surface area contributed by atoms with Crippen LogP contribution in [0.3, 0.4) is 0 Å². The Hall–Kier alpha value is -2.40. The van der Waals surface area contributed by atoms with Gasteiger partial charge in [-0.2, -0.15) is 0 Å². The molecule has 1 N–H and O–H groups in total. The summed E-state index contributed by atoms with van der Waals surface area (Å²) in [5, 5.41) is 2.81. The second kappa shape index (κ2) is 6.38. The summed E-state index contributed by atoms with van der Waals surface area (Å²) in [5.74, 6) is 0.401. The van der Waals surface area contributed by atoms with E-state index in [1.165, 1.54) is 0 Å². The molecule has 5 heteroatoms. The highest BCUT2D eigenvalue weighted by Gasteiger charge is 2.20. The van der Waals surface area contributed by atoms with Crippen molar-refractivity contribution in [3.05, 3.63) is 69.8 Å². The lowest BCUT2D eigenvalue weighted by Gasteiger charge is -2.11. The molecule has 1 heterocycles. The monoisotopic (exact) mass is 369 g/mol. The summed E-state index contributed by atoms with van der Waals surface area (Å²) < 4.78 is 0.989. The number of nitrogens with zero attached hydrogens (tertiary/aromatic N) is 2. The molecule has 0 unspecified atom stereocenters. The second-order valence-electron chi connectivity index (χ2n) is 5.44. The molecule has 1 aliphatic heterocycles. The Morgan fingerprint density at radius 2 is 1.70 bits per heavy atom. The topological polar surface area (TPSA) is 44.7 Å². The summed E-state index contributed by atoms with van der Waals surface area (Å²) in [6, 6.07) is 15.6. The Balaban J connectivity index is 1.87. The van der Waals surface area contributed by atoms with Crippen LogP contribution in [0, 0.1) is 0 Å². The summed E-state index contributed by atoms with van der Waals surface area (Å²) in [4.78, 5) is 18.5. The van der Waals surface area contributed by atoms with E-state index in [1.54, 1.807) is 6.08 Å². The van der Waals surface area contributed by atoms with Crippen molar-refractivity contribution in [2.45, 2.75) is 0 Å². The Morgan fingerprint density at radius 1 is 1.04 bits per heavy atom. The molecular formula is C18H16BrN3O. The largest absolute Gasteiger partial charge is 0.378 e. The molecule has 0 radical (unpaired) electrons. The highest BCUT2D eigenvalue weighted by atomic mass is 79.9. The first kappa shape index (κ1) is 15.5. The molecular weight excluding hydrogens is 354 g/mol. The zero-order valence-electron chi connectivity index (χ0n) is 12.9. The lowest BCUT2D eigenvalue weighted by atomic mass is 10.1. The van der Waals surface area contributed by atoms with Crippen molar-refractivity contribution in [2.75, 3.05) is 19.0 Å². The average molecular weight is 370 g/mol. The van der Waals surface area contributed by atoms with Crippen LogP contribution in [0.2, 0.25) is 0 Å². The normalized spacial score (nSPS) is 15.5. The average Bonchev–Trinajstić information content (AvgIpc) is 2.89. The number of carbonyl (C=O) groups excluding carboxylic acids is 1. The van der Waals surface area contributed by atoms with E-state index in [-0.39, 0.29) is 5.91 Å². The van der Waals surface area contributed by atoms with Gasteiger partial charge in [0.05, 0.1) is 0 Å². The molecule has 1 aliphatic rings. The molecule has 1 amide bonds. The molecule has 4 nitrogen and oxygen atoms in total. The zero-order valence-corrected chi connectivity index (χ0v) is 14.5. The van der Waals surface area contributed by atoms with E-state index in [9.17, 15) is 4.79 Å². The first-order valence-corrected chi connectivity index (χ1v) is 7.97. The molecule has 0 saturated carbocycles. The van der Waals surface area contributed by atoms with Crippen LogP contribution in [0.1, 0.15) is 11.1 Å². The minimum absolute atomic E-state index is 0.181. The molecule has 0 atom stereocenters. The van der Waals surface area contributed by atoms with Gasteiger partial charge in [0.25, 0.3) is 5.91 Å². The smallest absolute Gasteiger partial charge is 0.275 e. The quantitative estimate of drug-likeness (QED) is 0.842. The van der Waals surface area contributed by atoms with E-state index in [1.807, 2.05) is 67.5 Å². The van der Waals surface area contributed by atoms with Crippen LogP contribution in [0.5, 0.6) is 0 Å². The number of rotatable bonds is 3. The Labute approximate surface area is 143 Å². The van der Waals surface area contributed by atoms with Crippen molar-refractivity contribution in [1.29, 1.82) is 0 Å². The fourth-order valence-corrected chi connectivity index (χ4v) is 2.50. The van der Waals surface area contributed by atoms with Gasteiger partial charge in [-0.05, 0) is 35.9 Å². The maximum atomic E-state index is 12.1. The Morgan fingerprint density at radius 3 is 2.30 bits per heavy atom. The molecule has 0 aliphatic carbocycles. The van der Waals surface area contributed by atoms with Crippen LogP contribution in [-0.4, -0.2) is 25.8 Å². The Bertz CT molecular complexity index is 790. The number of anilines is 1. The van der Waals surface area contributed by atoms with Crippen molar-refractivity contribution < 1.29 is 4.79 Å². The molecule has 0 fully saturated rings. The number of aliphatic imine (C=N–C) groups is 1. The maximum absolute atomic E-state index is 12.1. The van der Waals surface area contributed by atoms with Crippen LogP contribution in [0.25, 0.3) is 6.08 Å². The fraction of sp³-hybridized carbons (Fsp3) is 0.111. The molecule has 0 aromatic heterocycles. The third kappa shape index (κ3) is 3.51. The maximum Gasteiger partial charge on any atom is 0.275 e. The van der Waals surface area contributed by atoms with Crippen LogP contribution in [0.15, 0.2) is 63.7 Å². The number of amidine groups is 1. The number of amides is 1. The van der Waals surface area contributed by atoms with E-state index in [0.717, 1.165) is 21.3 Å². The van der Waals surface area contributed by atoms with E-state index in [0.29, 0.717) is 11.5 Å². The predicted molar refractivity (Wildman–Crippen MR) is 97.6 cm³/mol. The highest BCUT2D eigenvalue weighted by Crippen LogP contribution is 2.18. The van der Waals surface area contributed by atoms with E-state index in [4.69, 9.17) is 0 Å². The molecule has 2 aromatic rings. The fourth-order valence-electron chi connectivity index (χ4n) is 2.24. The third-order valence-corrected chi connectivity index (χ3v) is 4.06. The minimum atomic E-state index is -0.181. The summed E-state index contributed by atoms with van der Waals surface area (Å²) in [6.45, 7) is 0.